The van der Waals surface area contributed by atoms with Crippen LogP contribution < -0.4 is 0 Å². The SMILES string of the molecule is c1ccc2c(c1)CCc1nc3nnnn3nc1-2. The standard InChI is InChI=1S/C11H8N6/c1-2-4-8-7(3-1)5-6-9-10(8)14-17-11(12-9)13-15-16-17/h1-4H,5-6H2. The van der Waals surface area contributed by atoms with Gasteiger partial charge in [-0.05, 0) is 28.8 Å². The molecule has 4 rings (SSSR count). The van der Waals surface area contributed by atoms with Crippen LogP contribution in [0.15, 0.2) is 24.3 Å². The van der Waals surface area contributed by atoms with Crippen LogP contribution >= 0.6 is 0 Å². The summed E-state index contributed by atoms with van der Waals surface area (Å²) in [6, 6.07) is 8.26. The van der Waals surface area contributed by atoms with Crippen LogP contribution in [0.4, 0.5) is 0 Å². The van der Waals surface area contributed by atoms with Crippen molar-refractivity contribution in [3.8, 4) is 11.3 Å². The molecule has 0 radical (unpaired) electrons. The Morgan fingerprint density at radius 1 is 1.12 bits per heavy atom. The molecular weight excluding hydrogens is 216 g/mol. The molecule has 0 amide bonds. The molecule has 1 aliphatic rings. The first-order valence-corrected chi connectivity index (χ1v) is 5.45. The molecule has 0 N–H and O–H groups in total. The molecule has 0 unspecified atom stereocenters. The van der Waals surface area contributed by atoms with Crippen LogP contribution in [0.5, 0.6) is 0 Å². The van der Waals surface area contributed by atoms with E-state index in [9.17, 15) is 0 Å². The van der Waals surface area contributed by atoms with Gasteiger partial charge in [0.05, 0.1) is 5.69 Å². The molecule has 0 atom stereocenters. The summed E-state index contributed by atoms with van der Waals surface area (Å²) in [4.78, 5) is 4.44. The van der Waals surface area contributed by atoms with Crippen LogP contribution in [0.3, 0.4) is 0 Å². The average Bonchev–Trinajstić information content (AvgIpc) is 2.83. The lowest BCUT2D eigenvalue weighted by Crippen LogP contribution is -2.11. The number of hydrogen-bond acceptors (Lipinski definition) is 5. The Morgan fingerprint density at radius 3 is 3.06 bits per heavy atom. The summed E-state index contributed by atoms with van der Waals surface area (Å²) in [5, 5.41) is 15.6. The minimum atomic E-state index is 0.461. The Kier molecular flexibility index (Phi) is 1.58. The van der Waals surface area contributed by atoms with Gasteiger partial charge in [-0.3, -0.25) is 0 Å². The first-order valence-electron chi connectivity index (χ1n) is 5.45. The molecule has 2 heterocycles. The van der Waals surface area contributed by atoms with Gasteiger partial charge in [-0.25, -0.2) is 4.98 Å². The maximum absolute atomic E-state index is 4.44. The third-order valence-corrected chi connectivity index (χ3v) is 3.04. The van der Waals surface area contributed by atoms with Gasteiger partial charge in [-0.2, -0.15) is 0 Å². The van der Waals surface area contributed by atoms with E-state index in [0.717, 1.165) is 29.8 Å². The zero-order valence-corrected chi connectivity index (χ0v) is 8.91. The lowest BCUT2D eigenvalue weighted by molar-refractivity contribution is 0.714. The van der Waals surface area contributed by atoms with E-state index in [2.05, 4.69) is 37.7 Å². The monoisotopic (exact) mass is 224 g/mol. The third kappa shape index (κ3) is 1.17. The number of hydrogen-bond donors (Lipinski definition) is 0. The maximum Gasteiger partial charge on any atom is 0.291 e. The van der Waals surface area contributed by atoms with Crippen LogP contribution in [0.25, 0.3) is 17.0 Å². The predicted octanol–water partition coefficient (Wildman–Crippen LogP) is 0.680. The number of benzene rings is 1. The first kappa shape index (κ1) is 8.74. The van der Waals surface area contributed by atoms with Crippen molar-refractivity contribution < 1.29 is 0 Å². The number of tetrazole rings is 1. The van der Waals surface area contributed by atoms with E-state index in [4.69, 9.17) is 0 Å². The number of nitrogens with zero attached hydrogens (tertiary/aromatic N) is 6. The molecule has 0 aliphatic heterocycles. The smallest absolute Gasteiger partial charge is 0.211 e. The van der Waals surface area contributed by atoms with E-state index in [1.54, 1.807) is 0 Å². The van der Waals surface area contributed by atoms with Crippen molar-refractivity contribution in [3.05, 3.63) is 35.5 Å². The second-order valence-electron chi connectivity index (χ2n) is 4.03. The molecule has 6 nitrogen and oxygen atoms in total. The molecule has 0 saturated carbocycles. The van der Waals surface area contributed by atoms with Crippen LogP contribution in [0.1, 0.15) is 11.3 Å². The summed E-state index contributed by atoms with van der Waals surface area (Å²) in [5.41, 5.74) is 4.32. The summed E-state index contributed by atoms with van der Waals surface area (Å²) in [7, 11) is 0. The van der Waals surface area contributed by atoms with E-state index in [-0.39, 0.29) is 0 Å². The predicted molar refractivity (Wildman–Crippen MR) is 59.2 cm³/mol. The molecule has 6 heteroatoms. The number of rotatable bonds is 0. The fraction of sp³-hybridized carbons (Fsp3) is 0.182. The Bertz CT molecular complexity index is 717. The van der Waals surface area contributed by atoms with E-state index in [1.807, 2.05) is 12.1 Å². The van der Waals surface area contributed by atoms with Crippen molar-refractivity contribution in [1.82, 2.24) is 30.2 Å². The molecule has 0 saturated heterocycles. The largest absolute Gasteiger partial charge is 0.291 e. The van der Waals surface area contributed by atoms with Gasteiger partial charge in [-0.1, -0.05) is 34.0 Å². The quantitative estimate of drug-likeness (QED) is 0.561. The summed E-state index contributed by atoms with van der Waals surface area (Å²) in [5.74, 6) is 0.461. The number of aromatic nitrogens is 6. The van der Waals surface area contributed by atoms with E-state index >= 15 is 0 Å². The number of aryl methyl sites for hydroxylation is 2. The van der Waals surface area contributed by atoms with Crippen LogP contribution in [-0.4, -0.2) is 30.2 Å². The van der Waals surface area contributed by atoms with Crippen molar-refractivity contribution >= 4 is 5.78 Å². The van der Waals surface area contributed by atoms with Gasteiger partial charge < -0.3 is 0 Å². The molecule has 17 heavy (non-hydrogen) atoms. The van der Waals surface area contributed by atoms with Gasteiger partial charge in [0, 0.05) is 5.56 Å². The highest BCUT2D eigenvalue weighted by Gasteiger charge is 2.19. The van der Waals surface area contributed by atoms with E-state index in [0.29, 0.717) is 5.78 Å². The highest BCUT2D eigenvalue weighted by atomic mass is 15.6. The topological polar surface area (TPSA) is 68.9 Å². The molecule has 2 aromatic heterocycles. The minimum absolute atomic E-state index is 0.461. The number of fused-ring (bicyclic) bond motifs is 4. The Hall–Kier alpha value is -2.37. The maximum atomic E-state index is 4.44. The lowest BCUT2D eigenvalue weighted by Gasteiger charge is -2.16. The second kappa shape index (κ2) is 3.07. The molecule has 0 spiro atoms. The molecule has 3 aromatic rings. The summed E-state index contributed by atoms with van der Waals surface area (Å²) < 4.78 is 1.38. The lowest BCUT2D eigenvalue weighted by atomic mass is 9.92. The molecule has 82 valence electrons. The third-order valence-electron chi connectivity index (χ3n) is 3.04. The Morgan fingerprint density at radius 2 is 2.06 bits per heavy atom. The van der Waals surface area contributed by atoms with Crippen molar-refractivity contribution in [1.29, 1.82) is 0 Å². The Balaban J connectivity index is 2.07. The van der Waals surface area contributed by atoms with Crippen LogP contribution in [0.2, 0.25) is 0 Å². The normalized spacial score (nSPS) is 13.4. The van der Waals surface area contributed by atoms with Gasteiger partial charge in [0.2, 0.25) is 0 Å². The molecule has 0 fully saturated rings. The summed E-state index contributed by atoms with van der Waals surface area (Å²) in [6.07, 6.45) is 1.89. The Labute approximate surface area is 96.3 Å². The van der Waals surface area contributed by atoms with Gasteiger partial charge in [0.15, 0.2) is 0 Å². The molecule has 0 bridgehead atoms. The van der Waals surface area contributed by atoms with Crippen molar-refractivity contribution in [2.45, 2.75) is 12.8 Å². The summed E-state index contributed by atoms with van der Waals surface area (Å²) in [6.45, 7) is 0. The highest BCUT2D eigenvalue weighted by Crippen LogP contribution is 2.30. The highest BCUT2D eigenvalue weighted by molar-refractivity contribution is 5.68. The fourth-order valence-corrected chi connectivity index (χ4v) is 2.24. The molecule has 1 aromatic carbocycles. The fourth-order valence-electron chi connectivity index (χ4n) is 2.24. The van der Waals surface area contributed by atoms with Crippen molar-refractivity contribution in [2.75, 3.05) is 0 Å². The minimum Gasteiger partial charge on any atom is -0.211 e. The van der Waals surface area contributed by atoms with Gasteiger partial charge in [-0.15, -0.1) is 5.10 Å². The second-order valence-corrected chi connectivity index (χ2v) is 4.03. The average molecular weight is 224 g/mol. The van der Waals surface area contributed by atoms with Gasteiger partial charge in [0.25, 0.3) is 5.78 Å². The molecular formula is C11H8N6. The van der Waals surface area contributed by atoms with Gasteiger partial charge >= 0.3 is 0 Å². The van der Waals surface area contributed by atoms with E-state index < -0.39 is 0 Å². The van der Waals surface area contributed by atoms with Crippen molar-refractivity contribution in [2.24, 2.45) is 0 Å². The van der Waals surface area contributed by atoms with Crippen LogP contribution in [-0.2, 0) is 12.8 Å². The van der Waals surface area contributed by atoms with Crippen LogP contribution in [0, 0.1) is 0 Å². The van der Waals surface area contributed by atoms with Gasteiger partial charge in [0.1, 0.15) is 5.69 Å². The zero-order valence-electron chi connectivity index (χ0n) is 8.91. The van der Waals surface area contributed by atoms with Crippen molar-refractivity contribution in [3.63, 3.8) is 0 Å². The first-order chi connectivity index (χ1) is 8.42. The zero-order chi connectivity index (χ0) is 11.2. The van der Waals surface area contributed by atoms with E-state index in [1.165, 1.54) is 10.2 Å². The summed E-state index contributed by atoms with van der Waals surface area (Å²) >= 11 is 0. The molecule has 1 aliphatic carbocycles.